The molecule has 1 saturated carbocycles. The van der Waals surface area contributed by atoms with E-state index in [0.29, 0.717) is 17.3 Å². The topological polar surface area (TPSA) is 39.4 Å². The number of ketones is 1. The molecule has 0 saturated heterocycles. The zero-order valence-corrected chi connectivity index (χ0v) is 12.5. The van der Waals surface area contributed by atoms with Crippen LogP contribution in [0.4, 0.5) is 4.39 Å². The monoisotopic (exact) mass is 320 g/mol. The van der Waals surface area contributed by atoms with Crippen molar-refractivity contribution in [2.75, 3.05) is 0 Å². The molecule has 0 N–H and O–H groups in total. The molecule has 114 valence electrons. The highest BCUT2D eigenvalue weighted by Crippen LogP contribution is 2.30. The average molecular weight is 321 g/mol. The van der Waals surface area contributed by atoms with E-state index in [4.69, 9.17) is 20.8 Å². The van der Waals surface area contributed by atoms with Crippen LogP contribution < -0.4 is 4.74 Å². The largest absolute Gasteiger partial charge is 0.486 e. The van der Waals surface area contributed by atoms with Crippen molar-refractivity contribution in [2.24, 2.45) is 5.92 Å². The molecule has 1 heterocycles. The lowest BCUT2D eigenvalue weighted by Crippen LogP contribution is -1.94. The van der Waals surface area contributed by atoms with Gasteiger partial charge in [-0.2, -0.15) is 0 Å². The van der Waals surface area contributed by atoms with Crippen molar-refractivity contribution >= 4 is 23.5 Å². The van der Waals surface area contributed by atoms with E-state index in [1.54, 1.807) is 24.3 Å². The van der Waals surface area contributed by atoms with Crippen molar-refractivity contribution in [3.8, 4) is 5.75 Å². The number of allylic oxidation sites excluding steroid dienone is 1. The van der Waals surface area contributed by atoms with Gasteiger partial charge in [-0.05, 0) is 49.3 Å². The van der Waals surface area contributed by atoms with Gasteiger partial charge < -0.3 is 9.15 Å². The second-order valence-electron chi connectivity index (χ2n) is 5.18. The number of ether oxygens (including phenoxy) is 1. The highest BCUT2D eigenvalue weighted by molar-refractivity contribution is 6.30. The van der Waals surface area contributed by atoms with E-state index in [1.807, 2.05) is 0 Å². The van der Waals surface area contributed by atoms with Crippen LogP contribution in [0.25, 0.3) is 6.08 Å². The molecule has 22 heavy (non-hydrogen) atoms. The van der Waals surface area contributed by atoms with Gasteiger partial charge in [0.1, 0.15) is 29.7 Å². The maximum Gasteiger partial charge on any atom is 0.158 e. The third-order valence-electron chi connectivity index (χ3n) is 3.35. The fourth-order valence-corrected chi connectivity index (χ4v) is 2.12. The van der Waals surface area contributed by atoms with Crippen LogP contribution in [-0.4, -0.2) is 5.78 Å². The van der Waals surface area contributed by atoms with Crippen LogP contribution in [0.2, 0.25) is 5.02 Å². The van der Waals surface area contributed by atoms with Gasteiger partial charge >= 0.3 is 0 Å². The molecule has 1 aliphatic rings. The van der Waals surface area contributed by atoms with Gasteiger partial charge in [-0.3, -0.25) is 4.79 Å². The van der Waals surface area contributed by atoms with Gasteiger partial charge in [-0.15, -0.1) is 0 Å². The predicted octanol–water partition coefficient (Wildman–Crippen LogP) is 4.64. The van der Waals surface area contributed by atoms with Crippen LogP contribution in [0.3, 0.4) is 0 Å². The number of rotatable bonds is 6. The number of halogens is 2. The molecule has 0 atom stereocenters. The fourth-order valence-electron chi connectivity index (χ4n) is 1.95. The molecule has 0 radical (unpaired) electrons. The lowest BCUT2D eigenvalue weighted by Gasteiger charge is -2.04. The first-order chi connectivity index (χ1) is 10.6. The normalized spacial score (nSPS) is 14.5. The Morgan fingerprint density at radius 1 is 1.36 bits per heavy atom. The van der Waals surface area contributed by atoms with Gasteiger partial charge in [0.2, 0.25) is 0 Å². The molecular weight excluding hydrogens is 307 g/mol. The third kappa shape index (κ3) is 3.77. The Morgan fingerprint density at radius 3 is 2.91 bits per heavy atom. The van der Waals surface area contributed by atoms with Crippen LogP contribution in [0, 0.1) is 11.7 Å². The SMILES string of the molecule is O=C(/C=C/c1ccc(COc2ccc(F)c(Cl)c2)o1)C1CC1. The number of hydrogen-bond acceptors (Lipinski definition) is 3. The smallest absolute Gasteiger partial charge is 0.158 e. The van der Waals surface area contributed by atoms with Crippen LogP contribution in [0.1, 0.15) is 24.4 Å². The lowest BCUT2D eigenvalue weighted by atomic mass is 10.2. The predicted molar refractivity (Wildman–Crippen MR) is 81.2 cm³/mol. The molecule has 0 spiro atoms. The number of hydrogen-bond donors (Lipinski definition) is 0. The van der Waals surface area contributed by atoms with Crippen molar-refractivity contribution < 1.29 is 18.3 Å². The summed E-state index contributed by atoms with van der Waals surface area (Å²) >= 11 is 5.68. The first-order valence-electron chi connectivity index (χ1n) is 7.00. The van der Waals surface area contributed by atoms with Gasteiger partial charge in [0.25, 0.3) is 0 Å². The Morgan fingerprint density at radius 2 is 2.18 bits per heavy atom. The second kappa shape index (κ2) is 6.36. The standard InChI is InChI=1S/C17H14ClFO3/c18-15-9-13(5-7-16(15)19)21-10-14-4-3-12(22-14)6-8-17(20)11-1-2-11/h3-9,11H,1-2,10H2/b8-6+. The third-order valence-corrected chi connectivity index (χ3v) is 3.64. The summed E-state index contributed by atoms with van der Waals surface area (Å²) in [5.74, 6) is 1.54. The minimum absolute atomic E-state index is 0.0131. The van der Waals surface area contributed by atoms with E-state index >= 15 is 0 Å². The highest BCUT2D eigenvalue weighted by atomic mass is 35.5. The molecule has 0 unspecified atom stereocenters. The summed E-state index contributed by atoms with van der Waals surface area (Å²) in [5.41, 5.74) is 0. The van der Waals surface area contributed by atoms with Gasteiger partial charge in [0.15, 0.2) is 5.78 Å². The molecule has 1 aliphatic carbocycles. The van der Waals surface area contributed by atoms with Gasteiger partial charge in [0, 0.05) is 12.0 Å². The van der Waals surface area contributed by atoms with Crippen molar-refractivity contribution in [1.82, 2.24) is 0 Å². The first kappa shape index (κ1) is 14.9. The molecule has 2 aromatic rings. The number of benzene rings is 1. The summed E-state index contributed by atoms with van der Waals surface area (Å²) in [6.07, 6.45) is 5.20. The Balaban J connectivity index is 1.57. The highest BCUT2D eigenvalue weighted by Gasteiger charge is 2.27. The number of carbonyl (C=O) groups is 1. The van der Waals surface area contributed by atoms with E-state index in [1.165, 1.54) is 18.2 Å². The van der Waals surface area contributed by atoms with Crippen LogP contribution >= 0.6 is 11.6 Å². The Hall–Kier alpha value is -2.07. The number of carbonyl (C=O) groups excluding carboxylic acids is 1. The Bertz CT molecular complexity index is 716. The molecule has 1 aromatic carbocycles. The Labute approximate surface area is 132 Å². The molecular formula is C17H14ClFO3. The minimum Gasteiger partial charge on any atom is -0.486 e. The summed E-state index contributed by atoms with van der Waals surface area (Å²) in [6.45, 7) is 0.201. The van der Waals surface area contributed by atoms with Crippen LogP contribution in [0.5, 0.6) is 5.75 Å². The summed E-state index contributed by atoms with van der Waals surface area (Å²) in [4.78, 5) is 11.6. The van der Waals surface area contributed by atoms with Crippen molar-refractivity contribution in [3.05, 3.63) is 58.8 Å². The molecule has 1 fully saturated rings. The molecule has 0 aliphatic heterocycles. The van der Waals surface area contributed by atoms with Crippen LogP contribution in [0.15, 0.2) is 40.8 Å². The Kier molecular flexibility index (Phi) is 4.29. The summed E-state index contributed by atoms with van der Waals surface area (Å²) in [6, 6.07) is 7.70. The zero-order valence-electron chi connectivity index (χ0n) is 11.7. The lowest BCUT2D eigenvalue weighted by molar-refractivity contribution is -0.115. The summed E-state index contributed by atoms with van der Waals surface area (Å²) in [5, 5.41) is 0.0131. The summed E-state index contributed by atoms with van der Waals surface area (Å²) < 4.78 is 24.1. The zero-order chi connectivity index (χ0) is 15.5. The van der Waals surface area contributed by atoms with E-state index in [9.17, 15) is 9.18 Å². The van der Waals surface area contributed by atoms with Crippen molar-refractivity contribution in [2.45, 2.75) is 19.4 Å². The van der Waals surface area contributed by atoms with Gasteiger partial charge in [-0.25, -0.2) is 4.39 Å². The number of furan rings is 1. The summed E-state index contributed by atoms with van der Waals surface area (Å²) in [7, 11) is 0. The van der Waals surface area contributed by atoms with E-state index < -0.39 is 5.82 Å². The van der Waals surface area contributed by atoms with E-state index in [-0.39, 0.29) is 23.3 Å². The average Bonchev–Trinajstić information content (AvgIpc) is 3.26. The quantitative estimate of drug-likeness (QED) is 0.728. The maximum absolute atomic E-state index is 13.0. The molecule has 0 bridgehead atoms. The fraction of sp³-hybridized carbons (Fsp3) is 0.235. The first-order valence-corrected chi connectivity index (χ1v) is 7.38. The second-order valence-corrected chi connectivity index (χ2v) is 5.59. The van der Waals surface area contributed by atoms with Crippen LogP contribution in [-0.2, 0) is 11.4 Å². The molecule has 3 rings (SSSR count). The molecule has 1 aromatic heterocycles. The van der Waals surface area contributed by atoms with Crippen molar-refractivity contribution in [3.63, 3.8) is 0 Å². The molecule has 3 nitrogen and oxygen atoms in total. The van der Waals surface area contributed by atoms with Crippen molar-refractivity contribution in [1.29, 1.82) is 0 Å². The minimum atomic E-state index is -0.486. The van der Waals surface area contributed by atoms with E-state index in [0.717, 1.165) is 12.8 Å². The molecule has 5 heteroatoms. The maximum atomic E-state index is 13.0. The van der Waals surface area contributed by atoms with Gasteiger partial charge in [0.05, 0.1) is 5.02 Å². The van der Waals surface area contributed by atoms with E-state index in [2.05, 4.69) is 0 Å². The van der Waals surface area contributed by atoms with Gasteiger partial charge in [-0.1, -0.05) is 11.6 Å². The molecule has 0 amide bonds.